The standard InChI is InChI=1S/C13H20N2O2/c1-10(2)8-15(9-11(3)4)13(16)12-14-6-5-7-17-12/h1,3,5-9H2,2,4H3. The van der Waals surface area contributed by atoms with Crippen LogP contribution in [0.15, 0.2) is 29.3 Å². The Hall–Kier alpha value is -1.58. The topological polar surface area (TPSA) is 41.9 Å². The molecular weight excluding hydrogens is 216 g/mol. The molecule has 4 heteroatoms. The molecule has 0 atom stereocenters. The molecule has 0 fully saturated rings. The number of amides is 1. The first kappa shape index (κ1) is 13.5. The van der Waals surface area contributed by atoms with Crippen molar-refractivity contribution in [1.29, 1.82) is 0 Å². The molecule has 1 aliphatic rings. The van der Waals surface area contributed by atoms with Gasteiger partial charge in [-0.2, -0.15) is 0 Å². The van der Waals surface area contributed by atoms with Crippen LogP contribution >= 0.6 is 0 Å². The molecule has 0 spiro atoms. The molecule has 1 aliphatic heterocycles. The van der Waals surface area contributed by atoms with Gasteiger partial charge in [-0.15, -0.1) is 0 Å². The van der Waals surface area contributed by atoms with Crippen LogP contribution in [0.4, 0.5) is 0 Å². The zero-order valence-electron chi connectivity index (χ0n) is 10.7. The number of hydrogen-bond donors (Lipinski definition) is 0. The third-order valence-corrected chi connectivity index (χ3v) is 2.19. The van der Waals surface area contributed by atoms with E-state index < -0.39 is 0 Å². The van der Waals surface area contributed by atoms with E-state index in [1.165, 1.54) is 0 Å². The van der Waals surface area contributed by atoms with Crippen LogP contribution in [-0.4, -0.2) is 42.9 Å². The zero-order valence-corrected chi connectivity index (χ0v) is 10.7. The van der Waals surface area contributed by atoms with Crippen molar-refractivity contribution in [3.05, 3.63) is 24.3 Å². The fraction of sp³-hybridized carbons (Fsp3) is 0.538. The summed E-state index contributed by atoms with van der Waals surface area (Å²) in [7, 11) is 0. The van der Waals surface area contributed by atoms with Crippen molar-refractivity contribution in [2.24, 2.45) is 4.99 Å². The number of aliphatic imine (C=N–C) groups is 1. The fourth-order valence-corrected chi connectivity index (χ4v) is 1.58. The first-order valence-electron chi connectivity index (χ1n) is 5.76. The summed E-state index contributed by atoms with van der Waals surface area (Å²) >= 11 is 0. The summed E-state index contributed by atoms with van der Waals surface area (Å²) in [6.45, 7) is 13.7. The summed E-state index contributed by atoms with van der Waals surface area (Å²) in [6.07, 6.45) is 0.873. The maximum absolute atomic E-state index is 12.2. The highest BCUT2D eigenvalue weighted by Crippen LogP contribution is 2.06. The van der Waals surface area contributed by atoms with E-state index >= 15 is 0 Å². The minimum atomic E-state index is -0.171. The highest BCUT2D eigenvalue weighted by Gasteiger charge is 2.22. The predicted molar refractivity (Wildman–Crippen MR) is 69.1 cm³/mol. The molecule has 0 N–H and O–H groups in total. The Labute approximate surface area is 103 Å². The lowest BCUT2D eigenvalue weighted by atomic mass is 10.2. The van der Waals surface area contributed by atoms with E-state index in [0.29, 0.717) is 26.2 Å². The van der Waals surface area contributed by atoms with Crippen molar-refractivity contribution in [2.75, 3.05) is 26.2 Å². The maximum Gasteiger partial charge on any atom is 0.309 e. The van der Waals surface area contributed by atoms with Crippen molar-refractivity contribution < 1.29 is 9.53 Å². The van der Waals surface area contributed by atoms with Crippen LogP contribution in [0.3, 0.4) is 0 Å². The van der Waals surface area contributed by atoms with Crippen LogP contribution in [0, 0.1) is 0 Å². The first-order chi connectivity index (χ1) is 8.00. The third kappa shape index (κ3) is 4.43. The van der Waals surface area contributed by atoms with E-state index in [2.05, 4.69) is 18.2 Å². The molecule has 4 nitrogen and oxygen atoms in total. The second-order valence-electron chi connectivity index (χ2n) is 4.46. The lowest BCUT2D eigenvalue weighted by Crippen LogP contribution is -2.40. The Balaban J connectivity index is 2.73. The third-order valence-electron chi connectivity index (χ3n) is 2.19. The number of hydrogen-bond acceptors (Lipinski definition) is 3. The lowest BCUT2D eigenvalue weighted by Gasteiger charge is -2.24. The van der Waals surface area contributed by atoms with Crippen molar-refractivity contribution >= 4 is 11.8 Å². The van der Waals surface area contributed by atoms with Gasteiger partial charge in [-0.1, -0.05) is 24.3 Å². The van der Waals surface area contributed by atoms with Gasteiger partial charge in [0.25, 0.3) is 5.90 Å². The monoisotopic (exact) mass is 236 g/mol. The number of carbonyl (C=O) groups excluding carboxylic acids is 1. The fourth-order valence-electron chi connectivity index (χ4n) is 1.58. The van der Waals surface area contributed by atoms with E-state index in [-0.39, 0.29) is 11.8 Å². The second-order valence-corrected chi connectivity index (χ2v) is 4.46. The van der Waals surface area contributed by atoms with E-state index in [1.54, 1.807) is 4.90 Å². The molecule has 0 aliphatic carbocycles. The van der Waals surface area contributed by atoms with Crippen LogP contribution in [0.2, 0.25) is 0 Å². The summed E-state index contributed by atoms with van der Waals surface area (Å²) in [4.78, 5) is 17.9. The van der Waals surface area contributed by atoms with Gasteiger partial charge in [0.15, 0.2) is 0 Å². The lowest BCUT2D eigenvalue weighted by molar-refractivity contribution is -0.125. The minimum absolute atomic E-state index is 0.171. The Bertz CT molecular complexity index is 342. The molecule has 0 aromatic rings. The summed E-state index contributed by atoms with van der Waals surface area (Å²) < 4.78 is 5.28. The van der Waals surface area contributed by atoms with Gasteiger partial charge in [0.05, 0.1) is 6.61 Å². The highest BCUT2D eigenvalue weighted by atomic mass is 16.5. The molecule has 0 saturated heterocycles. The number of ether oxygens (including phenoxy) is 1. The average molecular weight is 236 g/mol. The molecule has 1 amide bonds. The molecule has 0 aromatic carbocycles. The van der Waals surface area contributed by atoms with Crippen molar-refractivity contribution in [2.45, 2.75) is 20.3 Å². The van der Waals surface area contributed by atoms with E-state index in [1.807, 2.05) is 13.8 Å². The molecule has 0 aromatic heterocycles. The molecule has 0 radical (unpaired) electrons. The number of rotatable bonds is 5. The second kappa shape index (κ2) is 6.23. The summed E-state index contributed by atoms with van der Waals surface area (Å²) in [5.41, 5.74) is 1.85. The Kier molecular flexibility index (Phi) is 4.94. The van der Waals surface area contributed by atoms with Crippen LogP contribution in [0.5, 0.6) is 0 Å². The molecular formula is C13H20N2O2. The van der Waals surface area contributed by atoms with E-state index in [0.717, 1.165) is 17.6 Å². The van der Waals surface area contributed by atoms with Gasteiger partial charge in [-0.25, -0.2) is 4.99 Å². The van der Waals surface area contributed by atoms with Crippen LogP contribution in [-0.2, 0) is 9.53 Å². The van der Waals surface area contributed by atoms with Crippen LogP contribution in [0.1, 0.15) is 20.3 Å². The quantitative estimate of drug-likeness (QED) is 0.683. The zero-order chi connectivity index (χ0) is 12.8. The Morgan fingerprint density at radius 1 is 1.35 bits per heavy atom. The molecule has 94 valence electrons. The van der Waals surface area contributed by atoms with Gasteiger partial charge in [0, 0.05) is 26.1 Å². The van der Waals surface area contributed by atoms with E-state index in [4.69, 9.17) is 4.74 Å². The molecule has 0 bridgehead atoms. The molecule has 1 heterocycles. The van der Waals surface area contributed by atoms with Gasteiger partial charge < -0.3 is 9.64 Å². The van der Waals surface area contributed by atoms with Crippen molar-refractivity contribution in [1.82, 2.24) is 4.90 Å². The van der Waals surface area contributed by atoms with Crippen LogP contribution < -0.4 is 0 Å². The largest absolute Gasteiger partial charge is 0.474 e. The van der Waals surface area contributed by atoms with Crippen molar-refractivity contribution in [3.63, 3.8) is 0 Å². The van der Waals surface area contributed by atoms with Gasteiger partial charge in [0.2, 0.25) is 0 Å². The number of carbonyl (C=O) groups is 1. The summed E-state index contributed by atoms with van der Waals surface area (Å²) in [6, 6.07) is 0. The Morgan fingerprint density at radius 2 is 1.94 bits per heavy atom. The normalized spacial score (nSPS) is 14.6. The predicted octanol–water partition coefficient (Wildman–Crippen LogP) is 1.79. The summed E-state index contributed by atoms with van der Waals surface area (Å²) in [5, 5.41) is 0. The first-order valence-corrected chi connectivity index (χ1v) is 5.76. The molecule has 0 saturated carbocycles. The molecule has 1 rings (SSSR count). The van der Waals surface area contributed by atoms with Gasteiger partial charge in [0.1, 0.15) is 0 Å². The molecule has 0 unspecified atom stereocenters. The maximum atomic E-state index is 12.2. The van der Waals surface area contributed by atoms with E-state index in [9.17, 15) is 4.79 Å². The van der Waals surface area contributed by atoms with Gasteiger partial charge in [-0.3, -0.25) is 4.79 Å². The average Bonchev–Trinajstić information content (AvgIpc) is 2.27. The van der Waals surface area contributed by atoms with Gasteiger partial charge in [-0.05, 0) is 13.8 Å². The molecule has 17 heavy (non-hydrogen) atoms. The highest BCUT2D eigenvalue weighted by molar-refractivity contribution is 6.35. The minimum Gasteiger partial charge on any atom is -0.474 e. The summed E-state index contributed by atoms with van der Waals surface area (Å²) in [5.74, 6) is 0.0504. The SMILES string of the molecule is C=C(C)CN(CC(=C)C)C(=O)C1=NCCCO1. The van der Waals surface area contributed by atoms with Crippen LogP contribution in [0.25, 0.3) is 0 Å². The number of nitrogens with zero attached hydrogens (tertiary/aromatic N) is 2. The smallest absolute Gasteiger partial charge is 0.309 e. The Morgan fingerprint density at radius 3 is 2.35 bits per heavy atom. The van der Waals surface area contributed by atoms with Crippen molar-refractivity contribution in [3.8, 4) is 0 Å². The van der Waals surface area contributed by atoms with Gasteiger partial charge >= 0.3 is 5.91 Å².